The molecule has 1 N–H and O–H groups in total. The highest BCUT2D eigenvalue weighted by atomic mass is 16.5. The van der Waals surface area contributed by atoms with Crippen LogP contribution in [0.1, 0.15) is 6.42 Å². The number of hydrogen-bond acceptors (Lipinski definition) is 4. The minimum absolute atomic E-state index is 0.0736. The van der Waals surface area contributed by atoms with Crippen LogP contribution in [0.15, 0.2) is 30.3 Å². The van der Waals surface area contributed by atoms with Crippen LogP contribution in [0.4, 0.5) is 10.5 Å². The Balaban J connectivity index is 1.89. The quantitative estimate of drug-likeness (QED) is 0.874. The molecule has 4 amide bonds. The molecular weight excluding hydrogens is 286 g/mol. The monoisotopic (exact) mass is 303 g/mol. The third kappa shape index (κ3) is 2.33. The van der Waals surface area contributed by atoms with Crippen molar-refractivity contribution in [2.45, 2.75) is 18.5 Å². The van der Waals surface area contributed by atoms with Gasteiger partial charge in [-0.25, -0.2) is 9.69 Å². The van der Waals surface area contributed by atoms with Gasteiger partial charge in [-0.05, 0) is 18.6 Å². The van der Waals surface area contributed by atoms with Crippen molar-refractivity contribution in [3.63, 3.8) is 0 Å². The Morgan fingerprint density at radius 3 is 2.73 bits per heavy atom. The number of amides is 4. The van der Waals surface area contributed by atoms with Crippen molar-refractivity contribution in [1.29, 1.82) is 0 Å². The zero-order valence-corrected chi connectivity index (χ0v) is 12.2. The number of methoxy groups -OCH3 is 1. The van der Waals surface area contributed by atoms with Crippen molar-refractivity contribution in [1.82, 2.24) is 10.2 Å². The molecule has 2 unspecified atom stereocenters. The molecule has 1 aromatic carbocycles. The molecule has 1 aromatic rings. The van der Waals surface area contributed by atoms with Crippen LogP contribution >= 0.6 is 0 Å². The Morgan fingerprint density at radius 1 is 1.32 bits per heavy atom. The van der Waals surface area contributed by atoms with Crippen molar-refractivity contribution in [2.24, 2.45) is 0 Å². The Bertz CT molecular complexity index is 604. The molecule has 3 rings (SSSR count). The first-order valence-electron chi connectivity index (χ1n) is 7.11. The molecule has 0 spiro atoms. The number of nitrogens with one attached hydrogen (secondary N) is 1. The van der Waals surface area contributed by atoms with Gasteiger partial charge in [0.25, 0.3) is 5.91 Å². The average molecular weight is 303 g/mol. The predicted octanol–water partition coefficient (Wildman–Crippen LogP) is 0.359. The van der Waals surface area contributed by atoms with Gasteiger partial charge in [0.2, 0.25) is 5.91 Å². The van der Waals surface area contributed by atoms with Gasteiger partial charge in [-0.15, -0.1) is 0 Å². The molecule has 2 fully saturated rings. The van der Waals surface area contributed by atoms with E-state index in [-0.39, 0.29) is 24.5 Å². The number of para-hydroxylation sites is 1. The lowest BCUT2D eigenvalue weighted by Gasteiger charge is -2.36. The Morgan fingerprint density at radius 2 is 2.05 bits per heavy atom. The summed E-state index contributed by atoms with van der Waals surface area (Å²) >= 11 is 0. The fourth-order valence-electron chi connectivity index (χ4n) is 3.01. The fourth-order valence-corrected chi connectivity index (χ4v) is 3.01. The highest BCUT2D eigenvalue weighted by Crippen LogP contribution is 2.27. The van der Waals surface area contributed by atoms with Gasteiger partial charge in [0, 0.05) is 13.7 Å². The van der Waals surface area contributed by atoms with Gasteiger partial charge < -0.3 is 15.0 Å². The van der Waals surface area contributed by atoms with Crippen LogP contribution < -0.4 is 10.2 Å². The standard InChI is InChI=1S/C15H17N3O4/c1-22-9-12(19)17-8-7-11-13(17)14(20)18(15(21)16-11)10-5-3-2-4-6-10/h2-6,11,13H,7-9H2,1H3,(H,16,21). The van der Waals surface area contributed by atoms with Gasteiger partial charge in [0.1, 0.15) is 12.6 Å². The smallest absolute Gasteiger partial charge is 0.329 e. The molecule has 7 nitrogen and oxygen atoms in total. The van der Waals surface area contributed by atoms with Crippen LogP contribution in [-0.4, -0.2) is 55.1 Å². The summed E-state index contributed by atoms with van der Waals surface area (Å²) in [6, 6.07) is 7.25. The number of imide groups is 1. The molecule has 0 radical (unpaired) electrons. The summed E-state index contributed by atoms with van der Waals surface area (Å²) < 4.78 is 4.86. The Kier molecular flexibility index (Phi) is 3.81. The lowest BCUT2D eigenvalue weighted by molar-refractivity contribution is -0.140. The molecule has 7 heteroatoms. The van der Waals surface area contributed by atoms with E-state index in [1.165, 1.54) is 12.0 Å². The first-order valence-corrected chi connectivity index (χ1v) is 7.11. The maximum absolute atomic E-state index is 12.8. The molecule has 0 aromatic heterocycles. The third-order valence-electron chi connectivity index (χ3n) is 3.99. The fraction of sp³-hybridized carbons (Fsp3) is 0.400. The second-order valence-electron chi connectivity index (χ2n) is 5.32. The normalized spacial score (nSPS) is 24.2. The second kappa shape index (κ2) is 5.76. The molecule has 116 valence electrons. The first-order chi connectivity index (χ1) is 10.6. The van der Waals surface area contributed by atoms with Crippen molar-refractivity contribution in [3.8, 4) is 0 Å². The van der Waals surface area contributed by atoms with Crippen molar-refractivity contribution in [2.75, 3.05) is 25.2 Å². The van der Waals surface area contributed by atoms with Crippen LogP contribution in [0.25, 0.3) is 0 Å². The molecule has 2 aliphatic rings. The number of hydrogen-bond donors (Lipinski definition) is 1. The van der Waals surface area contributed by atoms with E-state index in [1.54, 1.807) is 24.3 Å². The molecule has 2 aliphatic heterocycles. The largest absolute Gasteiger partial charge is 0.375 e. The highest BCUT2D eigenvalue weighted by molar-refractivity contribution is 6.19. The van der Waals surface area contributed by atoms with Gasteiger partial charge in [-0.1, -0.05) is 18.2 Å². The van der Waals surface area contributed by atoms with Gasteiger partial charge in [-0.3, -0.25) is 9.59 Å². The number of nitrogens with zero attached hydrogens (tertiary/aromatic N) is 2. The number of rotatable bonds is 3. The van der Waals surface area contributed by atoms with E-state index >= 15 is 0 Å². The summed E-state index contributed by atoms with van der Waals surface area (Å²) in [5.74, 6) is -0.616. The van der Waals surface area contributed by atoms with E-state index in [0.717, 1.165) is 4.90 Å². The molecular formula is C15H17N3O4. The minimum Gasteiger partial charge on any atom is -0.375 e. The number of likely N-dealkylation sites (tertiary alicyclic amines) is 1. The molecule has 0 saturated carbocycles. The van der Waals surface area contributed by atoms with E-state index in [9.17, 15) is 14.4 Å². The van der Waals surface area contributed by atoms with Gasteiger partial charge in [0.05, 0.1) is 11.7 Å². The van der Waals surface area contributed by atoms with E-state index in [0.29, 0.717) is 18.7 Å². The maximum Gasteiger partial charge on any atom is 0.329 e. The van der Waals surface area contributed by atoms with E-state index in [4.69, 9.17) is 4.74 Å². The van der Waals surface area contributed by atoms with Gasteiger partial charge in [0.15, 0.2) is 0 Å². The zero-order valence-electron chi connectivity index (χ0n) is 12.2. The molecule has 2 atom stereocenters. The summed E-state index contributed by atoms with van der Waals surface area (Å²) in [6.45, 7) is 0.363. The lowest BCUT2D eigenvalue weighted by Crippen LogP contribution is -2.65. The summed E-state index contributed by atoms with van der Waals surface area (Å²) in [7, 11) is 1.44. The molecule has 22 heavy (non-hydrogen) atoms. The lowest BCUT2D eigenvalue weighted by atomic mass is 10.0. The molecule has 2 heterocycles. The predicted molar refractivity (Wildman–Crippen MR) is 78.2 cm³/mol. The number of ether oxygens (including phenoxy) is 1. The van der Waals surface area contributed by atoms with Crippen LogP contribution in [0.2, 0.25) is 0 Å². The van der Waals surface area contributed by atoms with E-state index < -0.39 is 12.1 Å². The van der Waals surface area contributed by atoms with Crippen LogP contribution in [0.5, 0.6) is 0 Å². The second-order valence-corrected chi connectivity index (χ2v) is 5.32. The summed E-state index contributed by atoms with van der Waals surface area (Å²) in [5, 5.41) is 2.82. The average Bonchev–Trinajstić information content (AvgIpc) is 2.92. The topological polar surface area (TPSA) is 79.0 Å². The Hall–Kier alpha value is -2.41. The number of carbonyl (C=O) groups excluding carboxylic acids is 3. The molecule has 0 bridgehead atoms. The highest BCUT2D eigenvalue weighted by Gasteiger charge is 2.49. The number of urea groups is 1. The van der Waals surface area contributed by atoms with Crippen LogP contribution in [0.3, 0.4) is 0 Å². The SMILES string of the molecule is COCC(=O)N1CCC2NC(=O)N(c3ccccc3)C(=O)C21. The van der Waals surface area contributed by atoms with E-state index in [2.05, 4.69) is 5.32 Å². The number of carbonyl (C=O) groups is 3. The number of benzene rings is 1. The Labute approximate surface area is 127 Å². The van der Waals surface area contributed by atoms with Gasteiger partial charge >= 0.3 is 6.03 Å². The van der Waals surface area contributed by atoms with Gasteiger partial charge in [-0.2, -0.15) is 0 Å². The number of fused-ring (bicyclic) bond motifs is 1. The summed E-state index contributed by atoms with van der Waals surface area (Å²) in [4.78, 5) is 39.7. The summed E-state index contributed by atoms with van der Waals surface area (Å²) in [5.41, 5.74) is 0.495. The van der Waals surface area contributed by atoms with E-state index in [1.807, 2.05) is 6.07 Å². The number of anilines is 1. The first kappa shape index (κ1) is 14.5. The van der Waals surface area contributed by atoms with Crippen molar-refractivity contribution < 1.29 is 19.1 Å². The maximum atomic E-state index is 12.8. The van der Waals surface area contributed by atoms with Crippen LogP contribution in [-0.2, 0) is 14.3 Å². The minimum atomic E-state index is -0.666. The zero-order chi connectivity index (χ0) is 15.7. The summed E-state index contributed by atoms with van der Waals surface area (Å²) in [6.07, 6.45) is 0.570. The van der Waals surface area contributed by atoms with Crippen molar-refractivity contribution in [3.05, 3.63) is 30.3 Å². The van der Waals surface area contributed by atoms with Crippen LogP contribution in [0, 0.1) is 0 Å². The third-order valence-corrected chi connectivity index (χ3v) is 3.99. The van der Waals surface area contributed by atoms with Crippen molar-refractivity contribution >= 4 is 23.5 Å². The molecule has 2 saturated heterocycles. The molecule has 0 aliphatic carbocycles.